The molecule has 0 bridgehead atoms. The van der Waals surface area contributed by atoms with E-state index in [1.807, 2.05) is 0 Å². The smallest absolute Gasteiger partial charge is 0.0363 e. The summed E-state index contributed by atoms with van der Waals surface area (Å²) in [6.45, 7) is 0. The fourth-order valence-electron chi connectivity index (χ4n) is 2.76. The van der Waals surface area contributed by atoms with Crippen molar-refractivity contribution in [1.82, 2.24) is 5.32 Å². The molecule has 1 aliphatic heterocycles. The van der Waals surface area contributed by atoms with E-state index in [9.17, 15) is 0 Å². The maximum absolute atomic E-state index is 3.86. The lowest BCUT2D eigenvalue weighted by Gasteiger charge is -2.23. The molecule has 1 aliphatic rings. The molecule has 2 atom stereocenters. The first-order valence-corrected chi connectivity index (χ1v) is 8.50. The molecule has 1 N–H and O–H groups in total. The molecule has 3 rings (SSSR count). The second kappa shape index (κ2) is 6.96. The zero-order valence-electron chi connectivity index (χ0n) is 11.7. The molecule has 1 heterocycles. The van der Waals surface area contributed by atoms with Crippen LogP contribution in [0.4, 0.5) is 0 Å². The molecule has 0 saturated carbocycles. The van der Waals surface area contributed by atoms with Gasteiger partial charge in [0.1, 0.15) is 0 Å². The van der Waals surface area contributed by atoms with Crippen molar-refractivity contribution in [2.24, 2.45) is 0 Å². The summed E-state index contributed by atoms with van der Waals surface area (Å²) in [6.07, 6.45) is 2.36. The summed E-state index contributed by atoms with van der Waals surface area (Å²) in [4.78, 5) is 0. The molecular weight excluding hydrogens is 262 g/mol. The van der Waals surface area contributed by atoms with Crippen molar-refractivity contribution in [2.75, 3.05) is 11.5 Å². The van der Waals surface area contributed by atoms with Crippen molar-refractivity contribution in [3.63, 3.8) is 0 Å². The molecule has 104 valence electrons. The third-order valence-electron chi connectivity index (χ3n) is 3.85. The van der Waals surface area contributed by atoms with E-state index in [2.05, 4.69) is 77.7 Å². The van der Waals surface area contributed by atoms with Crippen LogP contribution in [-0.4, -0.2) is 17.5 Å². The second-order valence-electron chi connectivity index (χ2n) is 5.38. The molecule has 2 unspecified atom stereocenters. The number of rotatable bonds is 5. The maximum Gasteiger partial charge on any atom is 0.0363 e. The minimum Gasteiger partial charge on any atom is -0.306 e. The normalized spacial score (nSPS) is 19.9. The Morgan fingerprint density at radius 3 is 2.35 bits per heavy atom. The van der Waals surface area contributed by atoms with Crippen LogP contribution in [0.15, 0.2) is 60.7 Å². The molecule has 0 radical (unpaired) electrons. The molecule has 1 nitrogen and oxygen atoms in total. The Kier molecular flexibility index (Phi) is 4.77. The van der Waals surface area contributed by atoms with Crippen LogP contribution in [0, 0.1) is 0 Å². The van der Waals surface area contributed by atoms with Crippen molar-refractivity contribution < 1.29 is 0 Å². The van der Waals surface area contributed by atoms with Gasteiger partial charge in [0.05, 0.1) is 0 Å². The lowest BCUT2D eigenvalue weighted by Crippen LogP contribution is -2.33. The highest BCUT2D eigenvalue weighted by atomic mass is 32.2. The third kappa shape index (κ3) is 3.65. The summed E-state index contributed by atoms with van der Waals surface area (Å²) in [5, 5.41) is 3.86. The molecular formula is C18H21NS. The molecule has 2 aromatic carbocycles. The van der Waals surface area contributed by atoms with Gasteiger partial charge in [0.15, 0.2) is 0 Å². The number of hydrogen-bond donors (Lipinski definition) is 1. The van der Waals surface area contributed by atoms with Gasteiger partial charge in [0.2, 0.25) is 0 Å². The van der Waals surface area contributed by atoms with E-state index in [-0.39, 0.29) is 0 Å². The van der Waals surface area contributed by atoms with Crippen LogP contribution >= 0.6 is 11.8 Å². The summed E-state index contributed by atoms with van der Waals surface area (Å²) < 4.78 is 0. The highest BCUT2D eigenvalue weighted by Gasteiger charge is 2.20. The summed E-state index contributed by atoms with van der Waals surface area (Å²) in [5.41, 5.74) is 2.80. The average Bonchev–Trinajstić information content (AvgIpc) is 3.02. The Labute approximate surface area is 125 Å². The van der Waals surface area contributed by atoms with Gasteiger partial charge in [0.25, 0.3) is 0 Å². The van der Waals surface area contributed by atoms with Crippen molar-refractivity contribution in [1.29, 1.82) is 0 Å². The van der Waals surface area contributed by atoms with E-state index in [4.69, 9.17) is 0 Å². The van der Waals surface area contributed by atoms with Gasteiger partial charge in [-0.15, -0.1) is 0 Å². The van der Waals surface area contributed by atoms with Crippen LogP contribution in [0.5, 0.6) is 0 Å². The van der Waals surface area contributed by atoms with Crippen LogP contribution in [0.2, 0.25) is 0 Å². The molecule has 2 heteroatoms. The van der Waals surface area contributed by atoms with Crippen molar-refractivity contribution in [3.05, 3.63) is 71.8 Å². The van der Waals surface area contributed by atoms with Gasteiger partial charge in [0, 0.05) is 17.8 Å². The lowest BCUT2D eigenvalue weighted by molar-refractivity contribution is 0.458. The number of thioether (sulfide) groups is 1. The van der Waals surface area contributed by atoms with Crippen LogP contribution in [0.1, 0.15) is 23.6 Å². The van der Waals surface area contributed by atoms with E-state index in [1.54, 1.807) is 0 Å². The summed E-state index contributed by atoms with van der Waals surface area (Å²) in [7, 11) is 0. The fourth-order valence-corrected chi connectivity index (χ4v) is 3.92. The highest BCUT2D eigenvalue weighted by Crippen LogP contribution is 2.24. The lowest BCUT2D eigenvalue weighted by atomic mass is 9.98. The van der Waals surface area contributed by atoms with E-state index < -0.39 is 0 Å². The molecule has 1 saturated heterocycles. The van der Waals surface area contributed by atoms with Crippen molar-refractivity contribution in [2.45, 2.75) is 24.9 Å². The van der Waals surface area contributed by atoms with Crippen LogP contribution in [0.3, 0.4) is 0 Å². The molecule has 0 aromatic heterocycles. The molecule has 1 fully saturated rings. The predicted molar refractivity (Wildman–Crippen MR) is 88.2 cm³/mol. The Bertz CT molecular complexity index is 505. The Balaban J connectivity index is 1.76. The van der Waals surface area contributed by atoms with Crippen molar-refractivity contribution >= 4 is 11.8 Å². The van der Waals surface area contributed by atoms with Gasteiger partial charge in [-0.25, -0.2) is 0 Å². The topological polar surface area (TPSA) is 12.0 Å². The zero-order valence-corrected chi connectivity index (χ0v) is 12.5. The minimum absolute atomic E-state index is 0.419. The fraction of sp³-hybridized carbons (Fsp3) is 0.333. The molecule has 2 aromatic rings. The zero-order chi connectivity index (χ0) is 13.6. The van der Waals surface area contributed by atoms with Gasteiger partial charge >= 0.3 is 0 Å². The standard InChI is InChI=1S/C18H21NS/c1-3-7-15(8-4-1)13-18(16-9-5-2-6-10-16)19-17-11-12-20-14-17/h1-10,17-19H,11-14H2. The number of hydrogen-bond acceptors (Lipinski definition) is 2. The predicted octanol–water partition coefficient (Wildman–Crippen LogP) is 4.07. The molecule has 0 amide bonds. The van der Waals surface area contributed by atoms with E-state index in [0.29, 0.717) is 12.1 Å². The first-order valence-electron chi connectivity index (χ1n) is 7.34. The highest BCUT2D eigenvalue weighted by molar-refractivity contribution is 7.99. The van der Waals surface area contributed by atoms with E-state index in [0.717, 1.165) is 6.42 Å². The monoisotopic (exact) mass is 283 g/mol. The van der Waals surface area contributed by atoms with Crippen LogP contribution in [0.25, 0.3) is 0 Å². The Morgan fingerprint density at radius 1 is 1.00 bits per heavy atom. The SMILES string of the molecule is c1ccc(CC(NC2CCSC2)c2ccccc2)cc1. The van der Waals surface area contributed by atoms with Crippen molar-refractivity contribution in [3.8, 4) is 0 Å². The van der Waals surface area contributed by atoms with Gasteiger partial charge in [-0.2, -0.15) is 11.8 Å². The van der Waals surface area contributed by atoms with E-state index in [1.165, 1.54) is 29.1 Å². The Morgan fingerprint density at radius 2 is 1.70 bits per heavy atom. The van der Waals surface area contributed by atoms with Gasteiger partial charge < -0.3 is 5.32 Å². The van der Waals surface area contributed by atoms with E-state index >= 15 is 0 Å². The second-order valence-corrected chi connectivity index (χ2v) is 6.53. The maximum atomic E-state index is 3.86. The average molecular weight is 283 g/mol. The van der Waals surface area contributed by atoms with Gasteiger partial charge in [-0.3, -0.25) is 0 Å². The quantitative estimate of drug-likeness (QED) is 0.888. The summed E-state index contributed by atoms with van der Waals surface area (Å²) in [5.74, 6) is 2.54. The first-order chi connectivity index (χ1) is 9.92. The van der Waals surface area contributed by atoms with Crippen LogP contribution in [-0.2, 0) is 6.42 Å². The number of nitrogens with one attached hydrogen (secondary N) is 1. The first kappa shape index (κ1) is 13.7. The van der Waals surface area contributed by atoms with Gasteiger partial charge in [-0.05, 0) is 29.7 Å². The minimum atomic E-state index is 0.419. The molecule has 0 aliphatic carbocycles. The number of benzene rings is 2. The van der Waals surface area contributed by atoms with Gasteiger partial charge in [-0.1, -0.05) is 60.7 Å². The summed E-state index contributed by atoms with van der Waals surface area (Å²) in [6, 6.07) is 22.7. The molecule has 20 heavy (non-hydrogen) atoms. The summed E-state index contributed by atoms with van der Waals surface area (Å²) >= 11 is 2.06. The Hall–Kier alpha value is -1.25. The van der Waals surface area contributed by atoms with Crippen LogP contribution < -0.4 is 5.32 Å². The third-order valence-corrected chi connectivity index (χ3v) is 5.01. The molecule has 0 spiro atoms. The largest absolute Gasteiger partial charge is 0.306 e.